The van der Waals surface area contributed by atoms with Crippen LogP contribution in [0.5, 0.6) is 5.75 Å². The Balaban J connectivity index is 1.69. The smallest absolute Gasteiger partial charge is 0.343 e. The second-order valence-corrected chi connectivity index (χ2v) is 11.1. The Kier molecular flexibility index (Phi) is 8.02. The number of aryl methyl sites for hydroxylation is 1. The quantitative estimate of drug-likeness (QED) is 0.385. The van der Waals surface area contributed by atoms with Crippen molar-refractivity contribution < 1.29 is 22.7 Å². The number of aromatic hydroxyl groups is 1. The fraction of sp³-hybridized carbons (Fsp3) is 0.357. The van der Waals surface area contributed by atoms with Gasteiger partial charge in [-0.2, -0.15) is 0 Å². The number of nitrogens with two attached hydrogens (primary N) is 1. The van der Waals surface area contributed by atoms with Crippen LogP contribution in [0.25, 0.3) is 0 Å². The van der Waals surface area contributed by atoms with E-state index < -0.39 is 27.5 Å². The first-order valence-corrected chi connectivity index (χ1v) is 14.1. The van der Waals surface area contributed by atoms with E-state index in [2.05, 4.69) is 4.72 Å². The third kappa shape index (κ3) is 5.88. The Morgan fingerprint density at radius 2 is 1.78 bits per heavy atom. The minimum atomic E-state index is -3.94. The summed E-state index contributed by atoms with van der Waals surface area (Å²) in [6, 6.07) is 12.1. The molecule has 1 aliphatic rings. The van der Waals surface area contributed by atoms with E-state index in [0.717, 1.165) is 32.1 Å². The van der Waals surface area contributed by atoms with E-state index in [0.29, 0.717) is 41.8 Å². The first-order valence-electron chi connectivity index (χ1n) is 12.6. The van der Waals surface area contributed by atoms with Crippen LogP contribution in [0.1, 0.15) is 84.2 Å². The Bertz CT molecular complexity index is 1440. The van der Waals surface area contributed by atoms with Gasteiger partial charge >= 0.3 is 5.63 Å². The van der Waals surface area contributed by atoms with Crippen molar-refractivity contribution in [3.05, 3.63) is 87.0 Å². The van der Waals surface area contributed by atoms with E-state index >= 15 is 0 Å². The number of sulfonamides is 1. The molecule has 0 saturated carbocycles. The molecule has 9 heteroatoms. The molecule has 1 amide bonds. The summed E-state index contributed by atoms with van der Waals surface area (Å²) in [5.41, 5.74) is 6.84. The second-order valence-electron chi connectivity index (χ2n) is 9.43. The van der Waals surface area contributed by atoms with E-state index in [1.807, 2.05) is 13.0 Å². The van der Waals surface area contributed by atoms with Gasteiger partial charge in [0.2, 0.25) is 5.91 Å². The predicted octanol–water partition coefficient (Wildman–Crippen LogP) is 4.84. The lowest BCUT2D eigenvalue weighted by Gasteiger charge is -2.21. The monoisotopic (exact) mass is 524 g/mol. The molecule has 1 unspecified atom stereocenters. The summed E-state index contributed by atoms with van der Waals surface area (Å²) in [5, 5.41) is 11.3. The molecule has 3 aromatic rings. The second kappa shape index (κ2) is 11.2. The average Bonchev–Trinajstić information content (AvgIpc) is 2.84. The molecule has 0 spiro atoms. The van der Waals surface area contributed by atoms with E-state index in [4.69, 9.17) is 10.2 Å². The number of carbonyl (C=O) groups excluding carboxylic acids is 1. The van der Waals surface area contributed by atoms with E-state index in [-0.39, 0.29) is 21.8 Å². The van der Waals surface area contributed by atoms with Crippen molar-refractivity contribution in [2.24, 2.45) is 5.73 Å². The van der Waals surface area contributed by atoms with Gasteiger partial charge in [-0.15, -0.1) is 0 Å². The lowest BCUT2D eigenvalue weighted by atomic mass is 9.85. The maximum Gasteiger partial charge on any atom is 0.343 e. The summed E-state index contributed by atoms with van der Waals surface area (Å²) in [6.45, 7) is 1.99. The fourth-order valence-electron chi connectivity index (χ4n) is 4.93. The molecule has 0 aliphatic heterocycles. The third-order valence-electron chi connectivity index (χ3n) is 6.81. The number of rotatable bonds is 8. The summed E-state index contributed by atoms with van der Waals surface area (Å²) in [7, 11) is -3.94. The van der Waals surface area contributed by atoms with Crippen LogP contribution in [-0.2, 0) is 22.9 Å². The van der Waals surface area contributed by atoms with Gasteiger partial charge in [-0.25, -0.2) is 13.2 Å². The molecule has 0 bridgehead atoms. The number of hydrogen-bond donors (Lipinski definition) is 3. The van der Waals surface area contributed by atoms with Crippen molar-refractivity contribution in [3.63, 3.8) is 0 Å². The van der Waals surface area contributed by atoms with E-state index in [9.17, 15) is 23.1 Å². The number of carbonyl (C=O) groups is 1. The largest absolute Gasteiger partial charge is 0.507 e. The molecule has 1 aliphatic carbocycles. The minimum Gasteiger partial charge on any atom is -0.507 e. The Hall–Kier alpha value is -3.59. The summed E-state index contributed by atoms with van der Waals surface area (Å²) in [5.74, 6) is -0.527. The van der Waals surface area contributed by atoms with Gasteiger partial charge in [-0.3, -0.25) is 9.52 Å². The molecular weight excluding hydrogens is 492 g/mol. The van der Waals surface area contributed by atoms with Gasteiger partial charge in [0.1, 0.15) is 11.5 Å². The van der Waals surface area contributed by atoms with Gasteiger partial charge in [0.05, 0.1) is 10.5 Å². The summed E-state index contributed by atoms with van der Waals surface area (Å²) in [6.07, 6.45) is 6.58. The van der Waals surface area contributed by atoms with Crippen molar-refractivity contribution in [2.45, 2.75) is 69.1 Å². The molecular formula is C28H32N2O6S. The number of anilines is 1. The van der Waals surface area contributed by atoms with Gasteiger partial charge in [0.15, 0.2) is 0 Å². The maximum atomic E-state index is 13.1. The number of primary amides is 1. The molecule has 0 radical (unpaired) electrons. The normalized spacial score (nSPS) is 14.7. The Morgan fingerprint density at radius 1 is 1.08 bits per heavy atom. The average molecular weight is 525 g/mol. The molecule has 1 atom stereocenters. The SMILES string of the molecule is CCCC(c1cccc(NS(=O)(=O)c2ccc(C(N)=O)cc2)c1)c1c(O)c2c(oc1=O)CCCCCC2. The van der Waals surface area contributed by atoms with Gasteiger partial charge < -0.3 is 15.3 Å². The number of amides is 1. The van der Waals surface area contributed by atoms with Crippen LogP contribution < -0.4 is 16.1 Å². The number of fused-ring (bicyclic) bond motifs is 1. The zero-order valence-electron chi connectivity index (χ0n) is 20.8. The molecule has 4 rings (SSSR count). The molecule has 0 saturated heterocycles. The first-order chi connectivity index (χ1) is 17.7. The Labute approximate surface area is 216 Å². The van der Waals surface area contributed by atoms with Crippen molar-refractivity contribution in [1.29, 1.82) is 0 Å². The fourth-order valence-corrected chi connectivity index (χ4v) is 5.97. The lowest BCUT2D eigenvalue weighted by Crippen LogP contribution is -2.18. The number of nitrogens with one attached hydrogen (secondary N) is 1. The third-order valence-corrected chi connectivity index (χ3v) is 8.21. The summed E-state index contributed by atoms with van der Waals surface area (Å²) < 4.78 is 34.2. The van der Waals surface area contributed by atoms with Gasteiger partial charge in [-0.05, 0) is 67.6 Å². The molecule has 1 aromatic heterocycles. The topological polar surface area (TPSA) is 140 Å². The highest BCUT2D eigenvalue weighted by Crippen LogP contribution is 2.38. The van der Waals surface area contributed by atoms with Crippen LogP contribution in [0, 0.1) is 0 Å². The predicted molar refractivity (Wildman–Crippen MR) is 141 cm³/mol. The zero-order chi connectivity index (χ0) is 26.6. The summed E-state index contributed by atoms with van der Waals surface area (Å²) >= 11 is 0. The van der Waals surface area contributed by atoms with Crippen LogP contribution in [0.3, 0.4) is 0 Å². The highest BCUT2D eigenvalue weighted by molar-refractivity contribution is 7.92. The Morgan fingerprint density at radius 3 is 2.46 bits per heavy atom. The highest BCUT2D eigenvalue weighted by Gasteiger charge is 2.27. The van der Waals surface area contributed by atoms with Crippen LogP contribution in [0.15, 0.2) is 62.6 Å². The number of hydrogen-bond acceptors (Lipinski definition) is 6. The number of benzene rings is 2. The van der Waals surface area contributed by atoms with E-state index in [1.54, 1.807) is 18.2 Å². The van der Waals surface area contributed by atoms with Gasteiger partial charge in [-0.1, -0.05) is 38.3 Å². The molecule has 4 N–H and O–H groups in total. The zero-order valence-corrected chi connectivity index (χ0v) is 21.6. The highest BCUT2D eigenvalue weighted by atomic mass is 32.2. The van der Waals surface area contributed by atoms with Crippen molar-refractivity contribution in [2.75, 3.05) is 4.72 Å². The van der Waals surface area contributed by atoms with Crippen molar-refractivity contribution in [3.8, 4) is 5.75 Å². The van der Waals surface area contributed by atoms with Crippen molar-refractivity contribution in [1.82, 2.24) is 0 Å². The first kappa shape index (κ1) is 26.5. The lowest BCUT2D eigenvalue weighted by molar-refractivity contribution is 0.1000. The standard InChI is InChI=1S/C28H32N2O6S/c1-2-8-22(25-26(31)23-11-5-3-4-6-12-24(23)36-28(25)33)19-9-7-10-20(17-19)30-37(34,35)21-15-13-18(14-16-21)27(29)32/h7,9-10,13-17,22,30-31H,2-6,8,11-12H2,1H3,(H2,29,32). The molecule has 2 aromatic carbocycles. The molecule has 1 heterocycles. The van der Waals surface area contributed by atoms with Crippen LogP contribution in [0.4, 0.5) is 5.69 Å². The van der Waals surface area contributed by atoms with Crippen LogP contribution >= 0.6 is 0 Å². The summed E-state index contributed by atoms with van der Waals surface area (Å²) in [4.78, 5) is 24.4. The van der Waals surface area contributed by atoms with Gasteiger partial charge in [0, 0.05) is 29.2 Å². The van der Waals surface area contributed by atoms with Crippen molar-refractivity contribution >= 4 is 21.6 Å². The molecule has 37 heavy (non-hydrogen) atoms. The molecule has 8 nitrogen and oxygen atoms in total. The van der Waals surface area contributed by atoms with E-state index in [1.165, 1.54) is 24.3 Å². The molecule has 196 valence electrons. The van der Waals surface area contributed by atoms with Gasteiger partial charge in [0.25, 0.3) is 10.0 Å². The van der Waals surface area contributed by atoms with Crippen LogP contribution in [0.2, 0.25) is 0 Å². The van der Waals surface area contributed by atoms with Crippen LogP contribution in [-0.4, -0.2) is 19.4 Å². The maximum absolute atomic E-state index is 13.1. The minimum absolute atomic E-state index is 0.00660. The molecule has 0 fully saturated rings.